The fourth-order valence-electron chi connectivity index (χ4n) is 2.94. The lowest BCUT2D eigenvalue weighted by molar-refractivity contribution is -0.707. The van der Waals surface area contributed by atoms with Crippen molar-refractivity contribution >= 4 is 23.9 Å². The van der Waals surface area contributed by atoms with E-state index in [2.05, 4.69) is 20.4 Å². The number of hydrogen-bond donors (Lipinski definition) is 3. The molecule has 3 rings (SSSR count). The summed E-state index contributed by atoms with van der Waals surface area (Å²) in [6.07, 6.45) is 3.99. The Labute approximate surface area is 210 Å². The van der Waals surface area contributed by atoms with Crippen LogP contribution in [-0.2, 0) is 16.1 Å². The molecule has 36 heavy (non-hydrogen) atoms. The van der Waals surface area contributed by atoms with Gasteiger partial charge in [-0.05, 0) is 12.1 Å². The third-order valence-corrected chi connectivity index (χ3v) is 4.71. The van der Waals surface area contributed by atoms with Crippen LogP contribution in [0.15, 0.2) is 93.9 Å². The summed E-state index contributed by atoms with van der Waals surface area (Å²) in [6.45, 7) is -0.0976. The molecular formula is C22H22ClN7O6. The van der Waals surface area contributed by atoms with Gasteiger partial charge >= 0.3 is 18.0 Å². The second-order valence-corrected chi connectivity index (χ2v) is 7.11. The summed E-state index contributed by atoms with van der Waals surface area (Å²) >= 11 is 0. The molecule has 0 bridgehead atoms. The summed E-state index contributed by atoms with van der Waals surface area (Å²) in [4.78, 5) is 33.7. The van der Waals surface area contributed by atoms with Crippen LogP contribution >= 0.6 is 0 Å². The minimum absolute atomic E-state index is 0. The Hall–Kier alpha value is -4.65. The molecule has 0 aliphatic rings. The van der Waals surface area contributed by atoms with Crippen LogP contribution in [0.2, 0.25) is 0 Å². The van der Waals surface area contributed by atoms with Crippen LogP contribution in [0, 0.1) is 0 Å². The quantitative estimate of drug-likeness (QED) is 0.104. The SMILES string of the molecule is O=C(O)CCn1ccccc1=NN=C(N=NCC(C(=O)O)[n+]1ccn(C(=O)O)c1)c1ccccc1.[Cl-]. The molecule has 0 aliphatic heterocycles. The molecule has 13 nitrogen and oxygen atoms in total. The van der Waals surface area contributed by atoms with E-state index < -0.39 is 24.1 Å². The number of rotatable bonds is 9. The molecule has 2 aromatic heterocycles. The third kappa shape index (κ3) is 7.70. The second-order valence-electron chi connectivity index (χ2n) is 7.11. The normalized spacial score (nSPS) is 12.8. The monoisotopic (exact) mass is 515 g/mol. The molecule has 0 saturated carbocycles. The van der Waals surface area contributed by atoms with Gasteiger partial charge in [-0.1, -0.05) is 36.4 Å². The van der Waals surface area contributed by atoms with Crippen LogP contribution in [-0.4, -0.2) is 54.9 Å². The maximum atomic E-state index is 11.7. The molecule has 0 fully saturated rings. The van der Waals surface area contributed by atoms with Gasteiger partial charge in [0.05, 0.1) is 6.42 Å². The molecule has 14 heteroatoms. The first-order valence-electron chi connectivity index (χ1n) is 10.3. The van der Waals surface area contributed by atoms with Gasteiger partial charge in [0, 0.05) is 18.3 Å². The Balaban J connectivity index is 0.00000456. The largest absolute Gasteiger partial charge is 1.00 e. The summed E-state index contributed by atoms with van der Waals surface area (Å²) in [7, 11) is 0. The molecule has 0 amide bonds. The lowest BCUT2D eigenvalue weighted by Gasteiger charge is -2.05. The molecule has 188 valence electrons. The topological polar surface area (TPSA) is 175 Å². The molecule has 0 radical (unpaired) electrons. The molecule has 1 unspecified atom stereocenters. The number of pyridine rings is 1. The van der Waals surface area contributed by atoms with E-state index in [4.69, 9.17) is 10.2 Å². The van der Waals surface area contributed by atoms with E-state index in [0.717, 1.165) is 10.9 Å². The third-order valence-electron chi connectivity index (χ3n) is 4.71. The Morgan fingerprint density at radius 1 is 0.972 bits per heavy atom. The number of aromatic nitrogens is 3. The van der Waals surface area contributed by atoms with Crippen molar-refractivity contribution in [3.8, 4) is 0 Å². The first kappa shape index (κ1) is 27.6. The highest BCUT2D eigenvalue weighted by atomic mass is 35.5. The van der Waals surface area contributed by atoms with E-state index in [1.165, 1.54) is 17.0 Å². The number of aliphatic carboxylic acids is 2. The zero-order valence-electron chi connectivity index (χ0n) is 18.7. The number of azo groups is 1. The average Bonchev–Trinajstić information content (AvgIpc) is 3.33. The van der Waals surface area contributed by atoms with Gasteiger partial charge in [-0.2, -0.15) is 9.91 Å². The van der Waals surface area contributed by atoms with Crippen LogP contribution in [0.25, 0.3) is 0 Å². The lowest BCUT2D eigenvalue weighted by Crippen LogP contribution is -3.00. The fraction of sp³-hybridized carbons (Fsp3) is 0.182. The van der Waals surface area contributed by atoms with Gasteiger partial charge in [0.25, 0.3) is 6.33 Å². The predicted octanol–water partition coefficient (Wildman–Crippen LogP) is -1.38. The highest BCUT2D eigenvalue weighted by Crippen LogP contribution is 2.06. The van der Waals surface area contributed by atoms with Crippen molar-refractivity contribution in [3.05, 3.63) is 84.5 Å². The summed E-state index contributed by atoms with van der Waals surface area (Å²) in [5.74, 6) is -2.06. The fourth-order valence-corrected chi connectivity index (χ4v) is 2.94. The standard InChI is InChI=1S/C22H21N7O6.ClH/c30-19(31)9-11-27-10-5-4-8-18(27)24-26-20(16-6-2-1-3-7-16)25-23-14-17(21(32)33)28-12-13-29(15-28)22(34)35;/h1-8,10,12-13,15,17H,9,11,14H2,(H2-,30,31,32,33,34,35);1H. The first-order valence-corrected chi connectivity index (χ1v) is 10.3. The van der Waals surface area contributed by atoms with Gasteiger partial charge in [-0.3, -0.25) is 4.79 Å². The summed E-state index contributed by atoms with van der Waals surface area (Å²) in [5.41, 5.74) is 0.968. The molecule has 0 saturated heterocycles. The Morgan fingerprint density at radius 2 is 1.69 bits per heavy atom. The number of nitrogens with zero attached hydrogens (tertiary/aromatic N) is 7. The van der Waals surface area contributed by atoms with E-state index in [0.29, 0.717) is 11.1 Å². The van der Waals surface area contributed by atoms with Gasteiger partial charge in [-0.25, -0.2) is 9.36 Å². The van der Waals surface area contributed by atoms with Gasteiger partial charge in [0.2, 0.25) is 11.9 Å². The molecule has 0 spiro atoms. The summed E-state index contributed by atoms with van der Waals surface area (Å²) in [6, 6.07) is 12.7. The van der Waals surface area contributed by atoms with Gasteiger partial charge in [-0.15, -0.1) is 19.9 Å². The molecular weight excluding hydrogens is 494 g/mol. The van der Waals surface area contributed by atoms with Crippen molar-refractivity contribution in [2.24, 2.45) is 20.4 Å². The number of aryl methyl sites for hydroxylation is 1. The van der Waals surface area contributed by atoms with Crippen LogP contribution in [0.1, 0.15) is 18.0 Å². The average molecular weight is 516 g/mol. The maximum absolute atomic E-state index is 11.7. The highest BCUT2D eigenvalue weighted by molar-refractivity contribution is 5.98. The Morgan fingerprint density at radius 3 is 2.33 bits per heavy atom. The van der Waals surface area contributed by atoms with Crippen molar-refractivity contribution in [3.63, 3.8) is 0 Å². The van der Waals surface area contributed by atoms with Crippen molar-refractivity contribution in [2.75, 3.05) is 6.54 Å². The number of carboxylic acids is 2. The van der Waals surface area contributed by atoms with Gasteiger partial charge in [0.15, 0.2) is 5.49 Å². The number of halogens is 1. The number of hydrogen-bond acceptors (Lipinski definition) is 6. The van der Waals surface area contributed by atoms with E-state index in [1.807, 2.05) is 0 Å². The van der Waals surface area contributed by atoms with Gasteiger partial charge < -0.3 is 32.3 Å². The minimum Gasteiger partial charge on any atom is -1.00 e. The van der Waals surface area contributed by atoms with E-state index in [-0.39, 0.29) is 37.8 Å². The number of amidine groups is 1. The maximum Gasteiger partial charge on any atom is 0.509 e. The Bertz CT molecular complexity index is 1330. The molecule has 1 atom stereocenters. The summed E-state index contributed by atoms with van der Waals surface area (Å²) < 4.78 is 3.65. The zero-order valence-corrected chi connectivity index (χ0v) is 19.5. The molecule has 3 aromatic rings. The number of carbonyl (C=O) groups is 3. The molecule has 3 N–H and O–H groups in total. The highest BCUT2D eigenvalue weighted by Gasteiger charge is 2.26. The van der Waals surface area contributed by atoms with Crippen LogP contribution in [0.5, 0.6) is 0 Å². The summed E-state index contributed by atoms with van der Waals surface area (Å²) in [5, 5.41) is 44.0. The van der Waals surface area contributed by atoms with E-state index in [1.54, 1.807) is 59.3 Å². The number of carboxylic acid groups (broad SMARTS) is 3. The first-order chi connectivity index (χ1) is 16.8. The molecule has 2 heterocycles. The minimum atomic E-state index is -1.25. The molecule has 0 aliphatic carbocycles. The lowest BCUT2D eigenvalue weighted by atomic mass is 10.2. The predicted molar refractivity (Wildman–Crippen MR) is 120 cm³/mol. The van der Waals surface area contributed by atoms with Crippen LogP contribution in [0.3, 0.4) is 0 Å². The van der Waals surface area contributed by atoms with Crippen molar-refractivity contribution in [1.29, 1.82) is 0 Å². The van der Waals surface area contributed by atoms with Crippen LogP contribution in [0.4, 0.5) is 4.79 Å². The smallest absolute Gasteiger partial charge is 0.509 e. The number of benzene rings is 1. The molecule has 1 aromatic carbocycles. The van der Waals surface area contributed by atoms with Crippen LogP contribution < -0.4 is 22.5 Å². The number of imidazole rings is 1. The zero-order chi connectivity index (χ0) is 25.2. The van der Waals surface area contributed by atoms with Crippen molar-refractivity contribution in [1.82, 2.24) is 9.13 Å². The van der Waals surface area contributed by atoms with Crippen molar-refractivity contribution in [2.45, 2.75) is 19.0 Å². The van der Waals surface area contributed by atoms with Crippen molar-refractivity contribution < 1.29 is 46.7 Å². The van der Waals surface area contributed by atoms with Gasteiger partial charge in [0.1, 0.15) is 18.9 Å². The van der Waals surface area contributed by atoms with E-state index >= 15 is 0 Å². The Kier molecular flexibility index (Phi) is 10.2. The van der Waals surface area contributed by atoms with E-state index in [9.17, 15) is 19.5 Å². The second kappa shape index (κ2) is 13.3.